The van der Waals surface area contributed by atoms with Crippen molar-refractivity contribution in [3.8, 4) is 5.75 Å². The minimum atomic E-state index is -0.294. The predicted octanol–water partition coefficient (Wildman–Crippen LogP) is 3.31. The zero-order valence-corrected chi connectivity index (χ0v) is 13.9. The van der Waals surface area contributed by atoms with Crippen LogP contribution in [0.1, 0.15) is 29.3 Å². The Labute approximate surface area is 141 Å². The smallest absolute Gasteiger partial charge is 0.257 e. The lowest BCUT2D eigenvalue weighted by molar-refractivity contribution is 0.0977. The minimum Gasteiger partial charge on any atom is -0.494 e. The van der Waals surface area contributed by atoms with Gasteiger partial charge in [0.25, 0.3) is 5.91 Å². The standard InChI is InChI=1S/C17H19N3O2S/c1-3-9-22-14-6-4-5-13(11-14)16(21)20-17(23)19-15-10-12(2)7-8-18-15/h4-8,10-11H,3,9H2,1-2H3,(H2,18,19,20,21,23). The summed E-state index contributed by atoms with van der Waals surface area (Å²) in [6.45, 7) is 4.60. The molecule has 0 radical (unpaired) electrons. The largest absolute Gasteiger partial charge is 0.494 e. The van der Waals surface area contributed by atoms with Crippen LogP contribution in [0, 0.1) is 6.92 Å². The Bertz CT molecular complexity index is 704. The Morgan fingerprint density at radius 1 is 1.30 bits per heavy atom. The normalized spacial score (nSPS) is 10.0. The Morgan fingerprint density at radius 2 is 2.13 bits per heavy atom. The molecule has 0 spiro atoms. The lowest BCUT2D eigenvalue weighted by Crippen LogP contribution is -2.34. The number of nitrogens with zero attached hydrogens (tertiary/aromatic N) is 1. The van der Waals surface area contributed by atoms with Crippen molar-refractivity contribution >= 4 is 29.1 Å². The number of aromatic nitrogens is 1. The van der Waals surface area contributed by atoms with Crippen molar-refractivity contribution < 1.29 is 9.53 Å². The van der Waals surface area contributed by atoms with Gasteiger partial charge in [-0.25, -0.2) is 4.98 Å². The molecule has 2 aromatic rings. The summed E-state index contributed by atoms with van der Waals surface area (Å²) in [5.41, 5.74) is 1.54. The van der Waals surface area contributed by atoms with Crippen LogP contribution in [0.5, 0.6) is 5.75 Å². The number of amides is 1. The Morgan fingerprint density at radius 3 is 2.87 bits per heavy atom. The molecule has 0 unspecified atom stereocenters. The summed E-state index contributed by atoms with van der Waals surface area (Å²) in [6.07, 6.45) is 2.59. The fourth-order valence-corrected chi connectivity index (χ4v) is 2.07. The van der Waals surface area contributed by atoms with Gasteiger partial charge in [0.05, 0.1) is 6.61 Å². The van der Waals surface area contributed by atoms with Gasteiger partial charge in [0.2, 0.25) is 0 Å². The van der Waals surface area contributed by atoms with Gasteiger partial charge < -0.3 is 10.1 Å². The summed E-state index contributed by atoms with van der Waals surface area (Å²) in [4.78, 5) is 16.4. The molecule has 5 nitrogen and oxygen atoms in total. The first-order valence-electron chi connectivity index (χ1n) is 7.36. The van der Waals surface area contributed by atoms with Crippen molar-refractivity contribution in [3.63, 3.8) is 0 Å². The lowest BCUT2D eigenvalue weighted by atomic mass is 10.2. The monoisotopic (exact) mass is 329 g/mol. The van der Waals surface area contributed by atoms with E-state index in [0.717, 1.165) is 12.0 Å². The topological polar surface area (TPSA) is 63.2 Å². The van der Waals surface area contributed by atoms with Crippen LogP contribution < -0.4 is 15.4 Å². The number of benzene rings is 1. The molecule has 0 aliphatic heterocycles. The van der Waals surface area contributed by atoms with Gasteiger partial charge in [0.15, 0.2) is 5.11 Å². The number of carbonyl (C=O) groups excluding carboxylic acids is 1. The molecule has 1 aromatic heterocycles. The number of hydrogen-bond donors (Lipinski definition) is 2. The Hall–Kier alpha value is -2.47. The quantitative estimate of drug-likeness (QED) is 0.824. The van der Waals surface area contributed by atoms with Gasteiger partial charge in [0.1, 0.15) is 11.6 Å². The van der Waals surface area contributed by atoms with Gasteiger partial charge in [-0.1, -0.05) is 13.0 Å². The molecule has 1 amide bonds. The molecule has 23 heavy (non-hydrogen) atoms. The minimum absolute atomic E-state index is 0.202. The summed E-state index contributed by atoms with van der Waals surface area (Å²) in [7, 11) is 0. The van der Waals surface area contributed by atoms with Crippen LogP contribution in [0.3, 0.4) is 0 Å². The number of anilines is 1. The third kappa shape index (κ3) is 5.34. The molecule has 1 aromatic carbocycles. The number of pyridine rings is 1. The summed E-state index contributed by atoms with van der Waals surface area (Å²) in [5, 5.41) is 5.72. The van der Waals surface area contributed by atoms with Crippen molar-refractivity contribution in [3.05, 3.63) is 53.7 Å². The van der Waals surface area contributed by atoms with E-state index in [2.05, 4.69) is 15.6 Å². The highest BCUT2D eigenvalue weighted by Crippen LogP contribution is 2.13. The van der Waals surface area contributed by atoms with Gasteiger partial charge in [-0.2, -0.15) is 0 Å². The first-order valence-corrected chi connectivity index (χ1v) is 7.77. The third-order valence-electron chi connectivity index (χ3n) is 2.95. The number of rotatable bonds is 5. The van der Waals surface area contributed by atoms with Gasteiger partial charge in [0, 0.05) is 11.8 Å². The summed E-state index contributed by atoms with van der Waals surface area (Å²) < 4.78 is 5.52. The van der Waals surface area contributed by atoms with Gasteiger partial charge in [-0.05, 0) is 61.5 Å². The fourth-order valence-electron chi connectivity index (χ4n) is 1.87. The summed E-state index contributed by atoms with van der Waals surface area (Å²) >= 11 is 5.14. The number of nitrogens with one attached hydrogen (secondary N) is 2. The van der Waals surface area contributed by atoms with Crippen LogP contribution in [0.25, 0.3) is 0 Å². The molecule has 0 saturated carbocycles. The van der Waals surface area contributed by atoms with E-state index >= 15 is 0 Å². The Kier molecular flexibility index (Phi) is 6.05. The number of carbonyl (C=O) groups is 1. The maximum Gasteiger partial charge on any atom is 0.257 e. The predicted molar refractivity (Wildman–Crippen MR) is 94.9 cm³/mol. The summed E-state index contributed by atoms with van der Waals surface area (Å²) in [5.74, 6) is 0.964. The van der Waals surface area contributed by atoms with Crippen LogP contribution >= 0.6 is 12.2 Å². The van der Waals surface area contributed by atoms with Gasteiger partial charge in [-0.3, -0.25) is 10.1 Å². The number of thiocarbonyl (C=S) groups is 1. The first kappa shape index (κ1) is 16.9. The zero-order valence-electron chi connectivity index (χ0n) is 13.1. The SMILES string of the molecule is CCCOc1cccc(C(=O)NC(=S)Nc2cc(C)ccn2)c1. The van der Waals surface area contributed by atoms with E-state index in [1.165, 1.54) is 0 Å². The molecule has 1 heterocycles. The molecular formula is C17H19N3O2S. The maximum absolute atomic E-state index is 12.2. The average Bonchev–Trinajstić information content (AvgIpc) is 2.53. The fraction of sp³-hybridized carbons (Fsp3) is 0.235. The van der Waals surface area contributed by atoms with E-state index in [4.69, 9.17) is 17.0 Å². The molecule has 0 bridgehead atoms. The molecule has 120 valence electrons. The molecule has 0 atom stereocenters. The van der Waals surface area contributed by atoms with E-state index in [-0.39, 0.29) is 11.0 Å². The molecule has 0 aliphatic rings. The van der Waals surface area contributed by atoms with E-state index in [1.54, 1.807) is 24.4 Å². The second-order valence-corrected chi connectivity index (χ2v) is 5.41. The van der Waals surface area contributed by atoms with Crippen molar-refractivity contribution in [2.75, 3.05) is 11.9 Å². The van der Waals surface area contributed by atoms with Crippen molar-refractivity contribution in [1.82, 2.24) is 10.3 Å². The molecular weight excluding hydrogens is 310 g/mol. The van der Waals surface area contributed by atoms with E-state index in [0.29, 0.717) is 23.7 Å². The number of ether oxygens (including phenoxy) is 1. The van der Waals surface area contributed by atoms with Crippen LogP contribution in [0.2, 0.25) is 0 Å². The zero-order chi connectivity index (χ0) is 16.7. The highest BCUT2D eigenvalue weighted by molar-refractivity contribution is 7.80. The van der Waals surface area contributed by atoms with Gasteiger partial charge >= 0.3 is 0 Å². The molecule has 0 saturated heterocycles. The third-order valence-corrected chi connectivity index (χ3v) is 3.16. The maximum atomic E-state index is 12.2. The van der Waals surface area contributed by atoms with E-state index in [9.17, 15) is 4.79 Å². The molecule has 2 rings (SSSR count). The second kappa shape index (κ2) is 8.24. The molecule has 2 N–H and O–H groups in total. The van der Waals surface area contributed by atoms with Crippen molar-refractivity contribution in [1.29, 1.82) is 0 Å². The van der Waals surface area contributed by atoms with E-state index in [1.807, 2.05) is 32.0 Å². The van der Waals surface area contributed by atoms with Crippen LogP contribution in [0.4, 0.5) is 5.82 Å². The van der Waals surface area contributed by atoms with Crippen molar-refractivity contribution in [2.45, 2.75) is 20.3 Å². The highest BCUT2D eigenvalue weighted by Gasteiger charge is 2.09. The van der Waals surface area contributed by atoms with E-state index < -0.39 is 0 Å². The van der Waals surface area contributed by atoms with Crippen LogP contribution in [-0.2, 0) is 0 Å². The lowest BCUT2D eigenvalue weighted by Gasteiger charge is -2.10. The molecule has 6 heteroatoms. The van der Waals surface area contributed by atoms with Crippen LogP contribution in [-0.4, -0.2) is 22.6 Å². The highest BCUT2D eigenvalue weighted by atomic mass is 32.1. The molecule has 0 aliphatic carbocycles. The Balaban J connectivity index is 1.97. The number of aryl methyl sites for hydroxylation is 1. The molecule has 0 fully saturated rings. The first-order chi connectivity index (χ1) is 11.1. The number of hydrogen-bond acceptors (Lipinski definition) is 4. The van der Waals surface area contributed by atoms with Crippen molar-refractivity contribution in [2.24, 2.45) is 0 Å². The van der Waals surface area contributed by atoms with Gasteiger partial charge in [-0.15, -0.1) is 0 Å². The van der Waals surface area contributed by atoms with Crippen LogP contribution in [0.15, 0.2) is 42.6 Å². The second-order valence-electron chi connectivity index (χ2n) is 5.00. The average molecular weight is 329 g/mol. The summed E-state index contributed by atoms with van der Waals surface area (Å²) in [6, 6.07) is 10.7.